The van der Waals surface area contributed by atoms with Crippen molar-refractivity contribution < 1.29 is 14.4 Å². The van der Waals surface area contributed by atoms with Gasteiger partial charge >= 0.3 is 0 Å². The third-order valence-electron chi connectivity index (χ3n) is 4.50. The average Bonchev–Trinajstić information content (AvgIpc) is 2.81. The van der Waals surface area contributed by atoms with Crippen molar-refractivity contribution in [1.82, 2.24) is 10.6 Å². The van der Waals surface area contributed by atoms with Crippen LogP contribution in [0, 0.1) is 0 Å². The maximum atomic E-state index is 12.6. The van der Waals surface area contributed by atoms with Gasteiger partial charge < -0.3 is 10.6 Å². The van der Waals surface area contributed by atoms with E-state index < -0.39 is 5.25 Å². The van der Waals surface area contributed by atoms with Gasteiger partial charge in [-0.3, -0.25) is 14.4 Å². The first kappa shape index (κ1) is 21.3. The molecule has 0 aliphatic heterocycles. The summed E-state index contributed by atoms with van der Waals surface area (Å²) in [5.74, 6) is -0.676. The highest BCUT2D eigenvalue weighted by molar-refractivity contribution is 7.81. The number of thiol groups is 1. The molecule has 0 aliphatic rings. The van der Waals surface area contributed by atoms with Crippen molar-refractivity contribution >= 4 is 30.2 Å². The Labute approximate surface area is 180 Å². The Morgan fingerprint density at radius 3 is 1.97 bits per heavy atom. The molecule has 3 aromatic carbocycles. The molecule has 152 valence electrons. The van der Waals surface area contributed by atoms with E-state index in [4.69, 9.17) is 0 Å². The third-order valence-corrected chi connectivity index (χ3v) is 5.03. The van der Waals surface area contributed by atoms with Crippen molar-refractivity contribution in [3.63, 3.8) is 0 Å². The van der Waals surface area contributed by atoms with Gasteiger partial charge in [0.1, 0.15) is 5.25 Å². The van der Waals surface area contributed by atoms with Crippen LogP contribution in [0.4, 0.5) is 0 Å². The Balaban J connectivity index is 1.51. The molecule has 0 saturated heterocycles. The van der Waals surface area contributed by atoms with Crippen molar-refractivity contribution in [2.24, 2.45) is 0 Å². The van der Waals surface area contributed by atoms with E-state index in [0.29, 0.717) is 16.7 Å². The Hall–Kier alpha value is -3.38. The minimum absolute atomic E-state index is 0.141. The number of ketones is 1. The number of rotatable bonds is 8. The molecule has 1 atom stereocenters. The zero-order chi connectivity index (χ0) is 21.3. The maximum absolute atomic E-state index is 12.6. The number of carbonyl (C=O) groups excluding carboxylic acids is 3. The smallest absolute Gasteiger partial charge is 0.251 e. The van der Waals surface area contributed by atoms with Gasteiger partial charge in [-0.15, -0.1) is 0 Å². The van der Waals surface area contributed by atoms with Gasteiger partial charge in [0.05, 0.1) is 0 Å². The SMILES string of the molecule is O=C(NCCNC(=O)C(S)c1ccccc1)c1cccc(C(=O)c2ccccc2)c1. The molecule has 0 aromatic heterocycles. The molecular formula is C24H22N2O3S. The molecule has 5 nitrogen and oxygen atoms in total. The van der Waals surface area contributed by atoms with E-state index in [1.54, 1.807) is 48.5 Å². The zero-order valence-electron chi connectivity index (χ0n) is 16.2. The standard InChI is InChI=1S/C24H22N2O3S/c27-21(17-8-3-1-4-9-17)19-12-7-13-20(16-19)23(28)25-14-15-26-24(29)22(30)18-10-5-2-6-11-18/h1-13,16,22,30H,14-15H2,(H,25,28)(H,26,29). The van der Waals surface area contributed by atoms with Gasteiger partial charge in [-0.05, 0) is 17.7 Å². The molecule has 0 heterocycles. The Morgan fingerprint density at radius 2 is 1.27 bits per heavy atom. The molecule has 0 saturated carbocycles. The van der Waals surface area contributed by atoms with Crippen LogP contribution >= 0.6 is 12.6 Å². The fourth-order valence-electron chi connectivity index (χ4n) is 2.91. The second-order valence-electron chi connectivity index (χ2n) is 6.64. The molecular weight excluding hydrogens is 396 g/mol. The zero-order valence-corrected chi connectivity index (χ0v) is 17.1. The lowest BCUT2D eigenvalue weighted by atomic mass is 10.0. The van der Waals surface area contributed by atoms with Crippen LogP contribution in [0.25, 0.3) is 0 Å². The van der Waals surface area contributed by atoms with E-state index in [9.17, 15) is 14.4 Å². The van der Waals surface area contributed by atoms with Gasteiger partial charge in [0.2, 0.25) is 5.91 Å². The van der Waals surface area contributed by atoms with E-state index >= 15 is 0 Å². The fraction of sp³-hybridized carbons (Fsp3) is 0.125. The van der Waals surface area contributed by atoms with Gasteiger partial charge in [-0.2, -0.15) is 12.6 Å². The monoisotopic (exact) mass is 418 g/mol. The minimum Gasteiger partial charge on any atom is -0.353 e. The van der Waals surface area contributed by atoms with Crippen LogP contribution in [0.15, 0.2) is 84.9 Å². The van der Waals surface area contributed by atoms with E-state index in [0.717, 1.165) is 5.56 Å². The summed E-state index contributed by atoms with van der Waals surface area (Å²) in [7, 11) is 0. The summed E-state index contributed by atoms with van der Waals surface area (Å²) < 4.78 is 0. The van der Waals surface area contributed by atoms with Crippen LogP contribution in [-0.4, -0.2) is 30.7 Å². The van der Waals surface area contributed by atoms with E-state index in [1.807, 2.05) is 36.4 Å². The van der Waals surface area contributed by atoms with E-state index in [2.05, 4.69) is 23.3 Å². The predicted octanol–water partition coefficient (Wildman–Crippen LogP) is 3.43. The summed E-state index contributed by atoms with van der Waals surface area (Å²) in [6.07, 6.45) is 0. The molecule has 3 aromatic rings. The van der Waals surface area contributed by atoms with Crippen LogP contribution in [0.1, 0.15) is 37.1 Å². The van der Waals surface area contributed by atoms with Crippen LogP contribution in [0.3, 0.4) is 0 Å². The highest BCUT2D eigenvalue weighted by Gasteiger charge is 2.15. The summed E-state index contributed by atoms with van der Waals surface area (Å²) in [4.78, 5) is 37.1. The van der Waals surface area contributed by atoms with Crippen LogP contribution < -0.4 is 10.6 Å². The molecule has 6 heteroatoms. The second kappa shape index (κ2) is 10.4. The number of hydrogen-bond acceptors (Lipinski definition) is 4. The minimum atomic E-state index is -0.567. The Morgan fingerprint density at radius 1 is 0.700 bits per heavy atom. The first-order valence-corrected chi connectivity index (χ1v) is 10.1. The molecule has 0 spiro atoms. The van der Waals surface area contributed by atoms with Gasteiger partial charge in [0, 0.05) is 29.8 Å². The van der Waals surface area contributed by atoms with Crippen molar-refractivity contribution in [1.29, 1.82) is 0 Å². The molecule has 0 fully saturated rings. The third kappa shape index (κ3) is 5.58. The average molecular weight is 419 g/mol. The van der Waals surface area contributed by atoms with Crippen molar-refractivity contribution in [3.05, 3.63) is 107 Å². The maximum Gasteiger partial charge on any atom is 0.251 e. The molecule has 2 N–H and O–H groups in total. The second-order valence-corrected chi connectivity index (χ2v) is 7.15. The Bertz CT molecular complexity index is 1020. The topological polar surface area (TPSA) is 75.3 Å². The molecule has 0 radical (unpaired) electrons. The van der Waals surface area contributed by atoms with Crippen molar-refractivity contribution in [2.75, 3.05) is 13.1 Å². The number of hydrogen-bond donors (Lipinski definition) is 3. The van der Waals surface area contributed by atoms with Gasteiger partial charge in [-0.25, -0.2) is 0 Å². The van der Waals surface area contributed by atoms with Crippen molar-refractivity contribution in [3.8, 4) is 0 Å². The van der Waals surface area contributed by atoms with Crippen LogP contribution in [0.2, 0.25) is 0 Å². The normalized spacial score (nSPS) is 11.4. The first-order valence-electron chi connectivity index (χ1n) is 9.55. The fourth-order valence-corrected chi connectivity index (χ4v) is 3.17. The van der Waals surface area contributed by atoms with Crippen molar-refractivity contribution in [2.45, 2.75) is 5.25 Å². The predicted molar refractivity (Wildman–Crippen MR) is 120 cm³/mol. The summed E-state index contributed by atoms with van der Waals surface area (Å²) in [6.45, 7) is 0.536. The lowest BCUT2D eigenvalue weighted by Gasteiger charge is -2.12. The number of amides is 2. The quantitative estimate of drug-likeness (QED) is 0.298. The molecule has 2 amide bonds. The molecule has 1 unspecified atom stereocenters. The first-order chi connectivity index (χ1) is 14.6. The summed E-state index contributed by atoms with van der Waals surface area (Å²) >= 11 is 4.34. The van der Waals surface area contributed by atoms with Crippen LogP contribution in [0.5, 0.6) is 0 Å². The summed E-state index contributed by atoms with van der Waals surface area (Å²) in [5.41, 5.74) is 2.21. The molecule has 30 heavy (non-hydrogen) atoms. The highest BCUT2D eigenvalue weighted by atomic mass is 32.1. The highest BCUT2D eigenvalue weighted by Crippen LogP contribution is 2.19. The summed E-state index contributed by atoms with van der Waals surface area (Å²) in [5, 5.41) is 4.94. The molecule has 0 bridgehead atoms. The molecule has 3 rings (SSSR count). The van der Waals surface area contributed by atoms with Gasteiger partial charge in [-0.1, -0.05) is 72.8 Å². The lowest BCUT2D eigenvalue weighted by molar-refractivity contribution is -0.120. The summed E-state index contributed by atoms with van der Waals surface area (Å²) in [6, 6.07) is 24.7. The van der Waals surface area contributed by atoms with E-state index in [1.165, 1.54) is 0 Å². The van der Waals surface area contributed by atoms with E-state index in [-0.39, 0.29) is 30.7 Å². The van der Waals surface area contributed by atoms with Gasteiger partial charge in [0.15, 0.2) is 5.78 Å². The largest absolute Gasteiger partial charge is 0.353 e. The number of benzene rings is 3. The number of carbonyl (C=O) groups is 3. The van der Waals surface area contributed by atoms with Gasteiger partial charge in [0.25, 0.3) is 5.91 Å². The van der Waals surface area contributed by atoms with Crippen LogP contribution in [-0.2, 0) is 4.79 Å². The number of nitrogens with one attached hydrogen (secondary N) is 2. The lowest BCUT2D eigenvalue weighted by Crippen LogP contribution is -2.36. The molecule has 0 aliphatic carbocycles. The Kier molecular flexibility index (Phi) is 7.40.